The van der Waals surface area contributed by atoms with E-state index >= 15 is 0 Å². The van der Waals surface area contributed by atoms with E-state index < -0.39 is 0 Å². The molecule has 0 aromatic rings. The Morgan fingerprint density at radius 2 is 2.18 bits per heavy atom. The summed E-state index contributed by atoms with van der Waals surface area (Å²) < 4.78 is 0. The lowest BCUT2D eigenvalue weighted by Crippen LogP contribution is -2.59. The maximum atomic E-state index is 11.7. The molecule has 17 heavy (non-hydrogen) atoms. The van der Waals surface area contributed by atoms with Gasteiger partial charge >= 0.3 is 0 Å². The zero-order chi connectivity index (χ0) is 12.8. The highest BCUT2D eigenvalue weighted by Crippen LogP contribution is 2.03. The van der Waals surface area contributed by atoms with Crippen molar-refractivity contribution < 1.29 is 9.59 Å². The predicted molar refractivity (Wildman–Crippen MR) is 65.6 cm³/mol. The number of carbonyl (C=O) groups is 2. The molecule has 0 aromatic carbocycles. The first-order chi connectivity index (χ1) is 8.04. The number of likely N-dealkylation sites (N-methyl/N-ethyl adjacent to an activating group) is 1. The van der Waals surface area contributed by atoms with Crippen LogP contribution in [0.5, 0.6) is 0 Å². The minimum Gasteiger partial charge on any atom is -0.358 e. The van der Waals surface area contributed by atoms with E-state index in [1.165, 1.54) is 0 Å². The number of piperazine rings is 1. The fourth-order valence-electron chi connectivity index (χ4n) is 1.91. The summed E-state index contributed by atoms with van der Waals surface area (Å²) in [6.45, 7) is 6.23. The molecule has 1 heterocycles. The van der Waals surface area contributed by atoms with Crippen molar-refractivity contribution >= 4 is 11.8 Å². The number of nitrogens with one attached hydrogen (secondary N) is 3. The van der Waals surface area contributed by atoms with Gasteiger partial charge in [0, 0.05) is 32.7 Å². The van der Waals surface area contributed by atoms with Crippen LogP contribution in [-0.4, -0.2) is 62.0 Å². The van der Waals surface area contributed by atoms with Crippen LogP contribution in [0.4, 0.5) is 0 Å². The largest absolute Gasteiger partial charge is 0.358 e. The summed E-state index contributed by atoms with van der Waals surface area (Å²) in [5.41, 5.74) is 0. The number of hydrogen-bond donors (Lipinski definition) is 3. The minimum atomic E-state index is -0.258. The molecule has 0 aromatic heterocycles. The zero-order valence-electron chi connectivity index (χ0n) is 10.7. The third-order valence-corrected chi connectivity index (χ3v) is 2.70. The predicted octanol–water partition coefficient (Wildman–Crippen LogP) is -1.47. The lowest BCUT2D eigenvalue weighted by molar-refractivity contribution is -0.129. The number of nitrogens with zero attached hydrogens (tertiary/aromatic N) is 1. The maximum absolute atomic E-state index is 11.7. The fraction of sp³-hybridized carbons (Fsp3) is 0.818. The van der Waals surface area contributed by atoms with Crippen molar-refractivity contribution in [2.45, 2.75) is 25.9 Å². The second-order valence-corrected chi connectivity index (χ2v) is 4.53. The molecule has 6 heteroatoms. The van der Waals surface area contributed by atoms with Gasteiger partial charge in [-0.2, -0.15) is 0 Å². The molecule has 1 fully saturated rings. The highest BCUT2D eigenvalue weighted by Gasteiger charge is 2.29. The third-order valence-electron chi connectivity index (χ3n) is 2.70. The Hall–Kier alpha value is -1.14. The first-order valence-corrected chi connectivity index (χ1v) is 6.00. The Bertz CT molecular complexity index is 281. The summed E-state index contributed by atoms with van der Waals surface area (Å²) in [4.78, 5) is 25.2. The molecule has 1 unspecified atom stereocenters. The fourth-order valence-corrected chi connectivity index (χ4v) is 1.91. The van der Waals surface area contributed by atoms with E-state index in [2.05, 4.69) is 16.0 Å². The van der Waals surface area contributed by atoms with Crippen LogP contribution in [-0.2, 0) is 9.59 Å². The van der Waals surface area contributed by atoms with Gasteiger partial charge in [-0.3, -0.25) is 14.5 Å². The Kier molecular flexibility index (Phi) is 5.37. The minimum absolute atomic E-state index is 0.0317. The summed E-state index contributed by atoms with van der Waals surface area (Å²) >= 11 is 0. The highest BCUT2D eigenvalue weighted by molar-refractivity contribution is 5.83. The van der Waals surface area contributed by atoms with Gasteiger partial charge in [0.2, 0.25) is 11.8 Å². The van der Waals surface area contributed by atoms with E-state index in [1.807, 2.05) is 18.7 Å². The van der Waals surface area contributed by atoms with Crippen molar-refractivity contribution in [3.63, 3.8) is 0 Å². The average molecular weight is 242 g/mol. The molecule has 3 N–H and O–H groups in total. The van der Waals surface area contributed by atoms with Gasteiger partial charge in [-0.1, -0.05) is 0 Å². The van der Waals surface area contributed by atoms with E-state index in [0.29, 0.717) is 13.1 Å². The molecule has 0 saturated carbocycles. The first kappa shape index (κ1) is 13.9. The molecule has 0 spiro atoms. The molecule has 0 radical (unpaired) electrons. The smallest absolute Gasteiger partial charge is 0.238 e. The van der Waals surface area contributed by atoms with Gasteiger partial charge in [0.1, 0.15) is 6.04 Å². The van der Waals surface area contributed by atoms with Gasteiger partial charge in [0.05, 0.1) is 6.54 Å². The van der Waals surface area contributed by atoms with Crippen molar-refractivity contribution in [1.29, 1.82) is 0 Å². The average Bonchev–Trinajstić information content (AvgIpc) is 2.27. The lowest BCUT2D eigenvalue weighted by Gasteiger charge is -2.34. The molecule has 0 aliphatic carbocycles. The molecule has 6 nitrogen and oxygen atoms in total. The normalized spacial score (nSPS) is 21.3. The summed E-state index contributed by atoms with van der Waals surface area (Å²) in [6.07, 6.45) is 0. The Morgan fingerprint density at radius 3 is 2.76 bits per heavy atom. The maximum Gasteiger partial charge on any atom is 0.238 e. The van der Waals surface area contributed by atoms with E-state index in [1.54, 1.807) is 7.05 Å². The van der Waals surface area contributed by atoms with Gasteiger partial charge in [0.15, 0.2) is 0 Å². The second-order valence-electron chi connectivity index (χ2n) is 4.53. The van der Waals surface area contributed by atoms with Gasteiger partial charge in [-0.05, 0) is 13.8 Å². The van der Waals surface area contributed by atoms with Crippen LogP contribution in [0.15, 0.2) is 0 Å². The third kappa shape index (κ3) is 4.32. The summed E-state index contributed by atoms with van der Waals surface area (Å²) in [5, 5.41) is 8.62. The van der Waals surface area contributed by atoms with Crippen LogP contribution in [0.3, 0.4) is 0 Å². The van der Waals surface area contributed by atoms with Crippen molar-refractivity contribution in [3.8, 4) is 0 Å². The summed E-state index contributed by atoms with van der Waals surface area (Å²) in [6, 6.07) is -0.129. The molecule has 1 rings (SSSR count). The number of rotatable bonds is 4. The van der Waals surface area contributed by atoms with E-state index in [-0.39, 0.29) is 30.4 Å². The second kappa shape index (κ2) is 6.56. The van der Waals surface area contributed by atoms with Crippen LogP contribution in [0, 0.1) is 0 Å². The topological polar surface area (TPSA) is 73.5 Å². The molecule has 98 valence electrons. The molecule has 2 amide bonds. The van der Waals surface area contributed by atoms with Crippen molar-refractivity contribution in [2.24, 2.45) is 0 Å². The van der Waals surface area contributed by atoms with E-state index in [0.717, 1.165) is 6.54 Å². The summed E-state index contributed by atoms with van der Waals surface area (Å²) in [5.74, 6) is -0.0784. The van der Waals surface area contributed by atoms with Crippen LogP contribution in [0.25, 0.3) is 0 Å². The molecule has 1 atom stereocenters. The highest BCUT2D eigenvalue weighted by atomic mass is 16.2. The SMILES string of the molecule is CNC(=O)C1CNCCN1CC(=O)NC(C)C. The van der Waals surface area contributed by atoms with E-state index in [4.69, 9.17) is 0 Å². The first-order valence-electron chi connectivity index (χ1n) is 6.00. The van der Waals surface area contributed by atoms with Crippen LogP contribution < -0.4 is 16.0 Å². The van der Waals surface area contributed by atoms with Gasteiger partial charge < -0.3 is 16.0 Å². The van der Waals surface area contributed by atoms with Crippen molar-refractivity contribution in [1.82, 2.24) is 20.9 Å². The molecule has 1 saturated heterocycles. The Morgan fingerprint density at radius 1 is 1.47 bits per heavy atom. The number of amides is 2. The Balaban J connectivity index is 2.53. The van der Waals surface area contributed by atoms with E-state index in [9.17, 15) is 9.59 Å². The molecule has 0 bridgehead atoms. The lowest BCUT2D eigenvalue weighted by atomic mass is 10.1. The number of carbonyl (C=O) groups excluding carboxylic acids is 2. The van der Waals surface area contributed by atoms with Gasteiger partial charge in [0.25, 0.3) is 0 Å². The number of hydrogen-bond acceptors (Lipinski definition) is 4. The molecule has 1 aliphatic rings. The summed E-state index contributed by atoms with van der Waals surface area (Å²) in [7, 11) is 1.61. The zero-order valence-corrected chi connectivity index (χ0v) is 10.7. The molecule has 1 aliphatic heterocycles. The van der Waals surface area contributed by atoms with Gasteiger partial charge in [-0.15, -0.1) is 0 Å². The monoisotopic (exact) mass is 242 g/mol. The van der Waals surface area contributed by atoms with Gasteiger partial charge in [-0.25, -0.2) is 0 Å². The Labute approximate surface area is 102 Å². The molecular weight excluding hydrogens is 220 g/mol. The van der Waals surface area contributed by atoms with Crippen LogP contribution >= 0.6 is 0 Å². The van der Waals surface area contributed by atoms with Crippen molar-refractivity contribution in [3.05, 3.63) is 0 Å². The quantitative estimate of drug-likeness (QED) is 0.563. The standard InChI is InChI=1S/C11H22N4O2/c1-8(2)14-10(16)7-15-5-4-13-6-9(15)11(17)12-3/h8-9,13H,4-7H2,1-3H3,(H,12,17)(H,14,16). The van der Waals surface area contributed by atoms with Crippen LogP contribution in [0.1, 0.15) is 13.8 Å². The molecular formula is C11H22N4O2. The van der Waals surface area contributed by atoms with Crippen LogP contribution in [0.2, 0.25) is 0 Å². The van der Waals surface area contributed by atoms with Crippen molar-refractivity contribution in [2.75, 3.05) is 33.2 Å².